The van der Waals surface area contributed by atoms with Gasteiger partial charge in [0.1, 0.15) is 5.82 Å². The third-order valence-electron chi connectivity index (χ3n) is 5.57. The summed E-state index contributed by atoms with van der Waals surface area (Å²) in [6.45, 7) is 6.22. The van der Waals surface area contributed by atoms with Gasteiger partial charge in [-0.1, -0.05) is 6.07 Å². The summed E-state index contributed by atoms with van der Waals surface area (Å²) in [7, 11) is 0. The molecule has 0 aromatic carbocycles. The van der Waals surface area contributed by atoms with Gasteiger partial charge in [0.25, 0.3) is 0 Å². The largest absolute Gasteiger partial charge is 0.357 e. The van der Waals surface area contributed by atoms with E-state index in [0.717, 1.165) is 30.9 Å². The van der Waals surface area contributed by atoms with Gasteiger partial charge in [-0.15, -0.1) is 0 Å². The highest BCUT2D eigenvalue weighted by Gasteiger charge is 2.35. The van der Waals surface area contributed by atoms with Gasteiger partial charge in [-0.2, -0.15) is 0 Å². The van der Waals surface area contributed by atoms with Crippen molar-refractivity contribution < 1.29 is 0 Å². The number of fused-ring (bicyclic) bond motifs is 3. The van der Waals surface area contributed by atoms with Gasteiger partial charge < -0.3 is 15.1 Å². The average Bonchev–Trinajstić information content (AvgIpc) is 2.57. The Morgan fingerprint density at radius 3 is 2.43 bits per heavy atom. The molecule has 1 unspecified atom stereocenters. The van der Waals surface area contributed by atoms with Crippen LogP contribution in [-0.4, -0.2) is 54.7 Å². The molecule has 1 atom stereocenters. The number of nitrogens with zero attached hydrogens (tertiary/aromatic N) is 3. The highest BCUT2D eigenvalue weighted by molar-refractivity contribution is 5.38. The van der Waals surface area contributed by atoms with Crippen LogP contribution in [0.3, 0.4) is 0 Å². The summed E-state index contributed by atoms with van der Waals surface area (Å²) >= 11 is 0. The van der Waals surface area contributed by atoms with E-state index >= 15 is 0 Å². The zero-order valence-corrected chi connectivity index (χ0v) is 12.7. The minimum absolute atomic E-state index is 0.704. The van der Waals surface area contributed by atoms with E-state index in [0.29, 0.717) is 6.04 Å². The number of piperidine rings is 4. The lowest BCUT2D eigenvalue weighted by molar-refractivity contribution is 0.0652. The van der Waals surface area contributed by atoms with Crippen molar-refractivity contribution in [2.75, 3.05) is 37.6 Å². The minimum Gasteiger partial charge on any atom is -0.357 e. The molecule has 4 fully saturated rings. The predicted octanol–water partition coefficient (Wildman–Crippen LogP) is 1.73. The van der Waals surface area contributed by atoms with Crippen molar-refractivity contribution in [3.8, 4) is 0 Å². The Hall–Kier alpha value is -1.13. The van der Waals surface area contributed by atoms with Crippen LogP contribution in [0.2, 0.25) is 0 Å². The molecule has 1 aromatic heterocycles. The smallest absolute Gasteiger partial charge is 0.128 e. The second-order valence-electron chi connectivity index (χ2n) is 6.86. The van der Waals surface area contributed by atoms with Crippen LogP contribution in [0.1, 0.15) is 25.7 Å². The second kappa shape index (κ2) is 5.93. The Kier molecular flexibility index (Phi) is 3.82. The average molecular weight is 286 g/mol. The normalized spacial score (nSPS) is 33.3. The van der Waals surface area contributed by atoms with Gasteiger partial charge in [0.15, 0.2) is 0 Å². The summed E-state index contributed by atoms with van der Waals surface area (Å²) < 4.78 is 0. The molecule has 4 nitrogen and oxygen atoms in total. The SMILES string of the molecule is c1ccc(N2CCC(NC3CN4CCC3CC4)CC2)nc1. The number of pyridine rings is 1. The fourth-order valence-corrected chi connectivity index (χ4v) is 4.27. The van der Waals surface area contributed by atoms with E-state index in [4.69, 9.17) is 0 Å². The van der Waals surface area contributed by atoms with Crippen molar-refractivity contribution in [3.05, 3.63) is 24.4 Å². The Bertz CT molecular complexity index is 447. The Balaban J connectivity index is 1.30. The maximum Gasteiger partial charge on any atom is 0.128 e. The number of anilines is 1. The van der Waals surface area contributed by atoms with Gasteiger partial charge in [0.2, 0.25) is 0 Å². The molecular formula is C17H26N4. The third-order valence-corrected chi connectivity index (χ3v) is 5.57. The molecule has 0 saturated carbocycles. The maximum absolute atomic E-state index is 4.47. The quantitative estimate of drug-likeness (QED) is 0.917. The van der Waals surface area contributed by atoms with Gasteiger partial charge >= 0.3 is 0 Å². The first kappa shape index (κ1) is 13.5. The molecule has 1 N–H and O–H groups in total. The van der Waals surface area contributed by atoms with E-state index in [1.165, 1.54) is 45.3 Å². The van der Waals surface area contributed by atoms with Crippen molar-refractivity contribution in [1.82, 2.24) is 15.2 Å². The van der Waals surface area contributed by atoms with E-state index in [-0.39, 0.29) is 0 Å². The lowest BCUT2D eigenvalue weighted by atomic mass is 9.83. The predicted molar refractivity (Wildman–Crippen MR) is 85.6 cm³/mol. The van der Waals surface area contributed by atoms with Gasteiger partial charge in [0.05, 0.1) is 0 Å². The Labute approximate surface area is 127 Å². The molecule has 4 heteroatoms. The van der Waals surface area contributed by atoms with Crippen LogP contribution in [0.25, 0.3) is 0 Å². The lowest BCUT2D eigenvalue weighted by Crippen LogP contribution is -2.59. The van der Waals surface area contributed by atoms with Gasteiger partial charge in [-0.05, 0) is 56.8 Å². The Morgan fingerprint density at radius 1 is 1.00 bits per heavy atom. The lowest BCUT2D eigenvalue weighted by Gasteiger charge is -2.47. The van der Waals surface area contributed by atoms with E-state index in [1.54, 1.807) is 0 Å². The molecule has 4 saturated heterocycles. The first-order valence-electron chi connectivity index (χ1n) is 8.53. The Morgan fingerprint density at radius 2 is 1.81 bits per heavy atom. The highest BCUT2D eigenvalue weighted by atomic mass is 15.2. The molecule has 21 heavy (non-hydrogen) atoms. The summed E-state index contributed by atoms with van der Waals surface area (Å²) in [6.07, 6.45) is 7.21. The summed E-state index contributed by atoms with van der Waals surface area (Å²) in [5.41, 5.74) is 0. The molecule has 4 aliphatic rings. The first-order chi connectivity index (χ1) is 10.4. The molecule has 0 aliphatic carbocycles. The fourth-order valence-electron chi connectivity index (χ4n) is 4.27. The van der Waals surface area contributed by atoms with Crippen molar-refractivity contribution in [2.45, 2.75) is 37.8 Å². The maximum atomic E-state index is 4.47. The summed E-state index contributed by atoms with van der Waals surface area (Å²) in [5.74, 6) is 2.07. The van der Waals surface area contributed by atoms with Crippen LogP contribution >= 0.6 is 0 Å². The van der Waals surface area contributed by atoms with Crippen LogP contribution in [0.5, 0.6) is 0 Å². The molecule has 0 radical (unpaired) electrons. The molecule has 114 valence electrons. The van der Waals surface area contributed by atoms with Crippen molar-refractivity contribution in [3.63, 3.8) is 0 Å². The molecular weight excluding hydrogens is 260 g/mol. The summed E-state index contributed by atoms with van der Waals surface area (Å²) in [4.78, 5) is 9.54. The van der Waals surface area contributed by atoms with Crippen LogP contribution < -0.4 is 10.2 Å². The fraction of sp³-hybridized carbons (Fsp3) is 0.706. The van der Waals surface area contributed by atoms with E-state index in [9.17, 15) is 0 Å². The number of rotatable bonds is 3. The second-order valence-corrected chi connectivity index (χ2v) is 6.86. The molecule has 0 spiro atoms. The van der Waals surface area contributed by atoms with Crippen LogP contribution in [0.4, 0.5) is 5.82 Å². The topological polar surface area (TPSA) is 31.4 Å². The van der Waals surface area contributed by atoms with E-state index in [2.05, 4.69) is 32.2 Å². The molecule has 0 amide bonds. The number of hydrogen-bond donors (Lipinski definition) is 1. The number of aromatic nitrogens is 1. The van der Waals surface area contributed by atoms with Gasteiger partial charge in [0, 0.05) is 37.9 Å². The van der Waals surface area contributed by atoms with Crippen molar-refractivity contribution in [1.29, 1.82) is 0 Å². The molecule has 4 aliphatic heterocycles. The summed E-state index contributed by atoms with van der Waals surface area (Å²) in [6, 6.07) is 7.65. The first-order valence-corrected chi connectivity index (χ1v) is 8.53. The van der Waals surface area contributed by atoms with Crippen molar-refractivity contribution >= 4 is 5.82 Å². The zero-order chi connectivity index (χ0) is 14.1. The number of hydrogen-bond acceptors (Lipinski definition) is 4. The number of nitrogens with one attached hydrogen (secondary N) is 1. The minimum atomic E-state index is 0.704. The summed E-state index contributed by atoms with van der Waals surface area (Å²) in [5, 5.41) is 3.97. The molecule has 5 rings (SSSR count). The van der Waals surface area contributed by atoms with Crippen molar-refractivity contribution in [2.24, 2.45) is 5.92 Å². The van der Waals surface area contributed by atoms with Crippen LogP contribution in [0, 0.1) is 5.92 Å². The monoisotopic (exact) mass is 286 g/mol. The highest BCUT2D eigenvalue weighted by Crippen LogP contribution is 2.28. The van der Waals surface area contributed by atoms with Crippen LogP contribution in [-0.2, 0) is 0 Å². The standard InChI is InChI=1S/C17H26N4/c1-2-8-18-17(3-1)21-11-6-15(7-12-21)19-16-13-20-9-4-14(16)5-10-20/h1-3,8,14-16,19H,4-7,9-13H2. The molecule has 2 bridgehead atoms. The van der Waals surface area contributed by atoms with E-state index in [1.807, 2.05) is 12.3 Å². The van der Waals surface area contributed by atoms with E-state index < -0.39 is 0 Å². The molecule has 1 aromatic rings. The molecule has 5 heterocycles. The third kappa shape index (κ3) is 2.92. The van der Waals surface area contributed by atoms with Gasteiger partial charge in [-0.25, -0.2) is 4.98 Å². The zero-order valence-electron chi connectivity index (χ0n) is 12.7. The van der Waals surface area contributed by atoms with Crippen LogP contribution in [0.15, 0.2) is 24.4 Å². The van der Waals surface area contributed by atoms with Gasteiger partial charge in [-0.3, -0.25) is 0 Å².